The molecule has 0 saturated heterocycles. The number of carboxylic acid groups (broad SMARTS) is 1. The number of carboxylic acids is 1. The van der Waals surface area contributed by atoms with Gasteiger partial charge in [0.25, 0.3) is 0 Å². The Morgan fingerprint density at radius 1 is 1.43 bits per heavy atom. The van der Waals surface area contributed by atoms with E-state index in [1.165, 1.54) is 21.3 Å². The van der Waals surface area contributed by atoms with E-state index in [-0.39, 0.29) is 18.9 Å². The van der Waals surface area contributed by atoms with Crippen LogP contribution in [0.4, 0.5) is 0 Å². The number of rotatable bonds is 4. The minimum atomic E-state index is -0.964. The first-order valence-corrected chi connectivity index (χ1v) is 7.43. The number of carbonyl (C=O) groups is 2. The summed E-state index contributed by atoms with van der Waals surface area (Å²) in [6, 6.07) is 2.06. The standard InChI is InChI=1S/C13H14N4O3S/c18-12(8-17-7-10(14-15-17)5-13(19)20)16-3-1-11-9(6-16)2-4-21-11/h2,4,7H,1,3,5-6,8H2,(H,19,20). The molecular weight excluding hydrogens is 292 g/mol. The fourth-order valence-corrected chi connectivity index (χ4v) is 3.24. The van der Waals surface area contributed by atoms with Gasteiger partial charge < -0.3 is 10.0 Å². The molecule has 21 heavy (non-hydrogen) atoms. The molecule has 0 atom stereocenters. The molecule has 0 bridgehead atoms. The van der Waals surface area contributed by atoms with E-state index in [0.717, 1.165) is 6.42 Å². The first kappa shape index (κ1) is 13.7. The maximum atomic E-state index is 12.3. The molecule has 0 spiro atoms. The van der Waals surface area contributed by atoms with Crippen molar-refractivity contribution in [3.63, 3.8) is 0 Å². The molecule has 3 rings (SSSR count). The summed E-state index contributed by atoms with van der Waals surface area (Å²) >= 11 is 1.73. The van der Waals surface area contributed by atoms with E-state index in [1.807, 2.05) is 5.38 Å². The van der Waals surface area contributed by atoms with Crippen molar-refractivity contribution in [3.05, 3.63) is 33.8 Å². The van der Waals surface area contributed by atoms with Crippen molar-refractivity contribution in [3.8, 4) is 0 Å². The number of fused-ring (bicyclic) bond motifs is 1. The fourth-order valence-electron chi connectivity index (χ4n) is 2.35. The summed E-state index contributed by atoms with van der Waals surface area (Å²) in [6.45, 7) is 1.43. The zero-order valence-corrected chi connectivity index (χ0v) is 12.0. The van der Waals surface area contributed by atoms with Gasteiger partial charge in [0.2, 0.25) is 5.91 Å². The summed E-state index contributed by atoms with van der Waals surface area (Å²) in [5, 5.41) is 18.3. The third-order valence-corrected chi connectivity index (χ3v) is 4.40. The third kappa shape index (κ3) is 3.10. The van der Waals surface area contributed by atoms with Gasteiger partial charge in [0, 0.05) is 24.2 Å². The van der Waals surface area contributed by atoms with Gasteiger partial charge in [-0.05, 0) is 23.4 Å². The van der Waals surface area contributed by atoms with Gasteiger partial charge in [-0.25, -0.2) is 4.68 Å². The van der Waals surface area contributed by atoms with Gasteiger partial charge in [0.15, 0.2) is 0 Å². The van der Waals surface area contributed by atoms with E-state index in [0.29, 0.717) is 18.8 Å². The molecule has 7 nitrogen and oxygen atoms in total. The number of amides is 1. The lowest BCUT2D eigenvalue weighted by Crippen LogP contribution is -2.37. The van der Waals surface area contributed by atoms with E-state index in [2.05, 4.69) is 16.4 Å². The number of hydrogen-bond donors (Lipinski definition) is 1. The Kier molecular flexibility index (Phi) is 3.70. The van der Waals surface area contributed by atoms with E-state index < -0.39 is 5.97 Å². The van der Waals surface area contributed by atoms with Crippen LogP contribution in [-0.2, 0) is 35.5 Å². The fraction of sp³-hybridized carbons (Fsp3) is 0.385. The molecular formula is C13H14N4O3S. The summed E-state index contributed by atoms with van der Waals surface area (Å²) in [5.74, 6) is -0.993. The van der Waals surface area contributed by atoms with Crippen LogP contribution in [0.15, 0.2) is 17.6 Å². The lowest BCUT2D eigenvalue weighted by atomic mass is 10.1. The molecule has 2 aromatic heterocycles. The van der Waals surface area contributed by atoms with Gasteiger partial charge in [0.05, 0.1) is 12.1 Å². The Bertz CT molecular complexity index is 679. The lowest BCUT2D eigenvalue weighted by Gasteiger charge is -2.26. The lowest BCUT2D eigenvalue weighted by molar-refractivity contribution is -0.136. The molecule has 2 aromatic rings. The van der Waals surface area contributed by atoms with Crippen molar-refractivity contribution in [2.75, 3.05) is 6.54 Å². The molecule has 0 saturated carbocycles. The largest absolute Gasteiger partial charge is 0.481 e. The predicted octanol–water partition coefficient (Wildman–Crippen LogP) is 0.552. The van der Waals surface area contributed by atoms with Gasteiger partial charge in [-0.3, -0.25) is 9.59 Å². The molecule has 0 aromatic carbocycles. The third-order valence-electron chi connectivity index (χ3n) is 3.38. The Morgan fingerprint density at radius 2 is 2.29 bits per heavy atom. The zero-order chi connectivity index (χ0) is 14.8. The Morgan fingerprint density at radius 3 is 3.10 bits per heavy atom. The van der Waals surface area contributed by atoms with E-state index >= 15 is 0 Å². The van der Waals surface area contributed by atoms with E-state index in [1.54, 1.807) is 16.2 Å². The van der Waals surface area contributed by atoms with Crippen molar-refractivity contribution in [2.24, 2.45) is 0 Å². The quantitative estimate of drug-likeness (QED) is 0.891. The molecule has 3 heterocycles. The average molecular weight is 306 g/mol. The number of thiophene rings is 1. The smallest absolute Gasteiger partial charge is 0.309 e. The highest BCUT2D eigenvalue weighted by Gasteiger charge is 2.22. The van der Waals surface area contributed by atoms with Gasteiger partial charge >= 0.3 is 5.97 Å². The van der Waals surface area contributed by atoms with Crippen molar-refractivity contribution >= 4 is 23.2 Å². The summed E-state index contributed by atoms with van der Waals surface area (Å²) < 4.78 is 1.39. The molecule has 1 amide bonds. The number of aliphatic carboxylic acids is 1. The van der Waals surface area contributed by atoms with Gasteiger partial charge in [-0.1, -0.05) is 5.21 Å². The summed E-state index contributed by atoms with van der Waals surface area (Å²) in [4.78, 5) is 26.0. The van der Waals surface area contributed by atoms with Crippen LogP contribution in [0.5, 0.6) is 0 Å². The second kappa shape index (κ2) is 5.65. The zero-order valence-electron chi connectivity index (χ0n) is 11.2. The van der Waals surface area contributed by atoms with Crippen molar-refractivity contribution in [2.45, 2.75) is 25.9 Å². The van der Waals surface area contributed by atoms with Crippen molar-refractivity contribution < 1.29 is 14.7 Å². The van der Waals surface area contributed by atoms with Crippen molar-refractivity contribution in [1.29, 1.82) is 0 Å². The summed E-state index contributed by atoms with van der Waals surface area (Å²) in [7, 11) is 0. The van der Waals surface area contributed by atoms with Crippen LogP contribution in [0.3, 0.4) is 0 Å². The number of carbonyl (C=O) groups excluding carboxylic acids is 1. The number of aromatic nitrogens is 3. The van der Waals surface area contributed by atoms with E-state index in [9.17, 15) is 9.59 Å². The number of nitrogens with zero attached hydrogens (tertiary/aromatic N) is 4. The van der Waals surface area contributed by atoms with Gasteiger partial charge in [-0.2, -0.15) is 0 Å². The molecule has 0 fully saturated rings. The van der Waals surface area contributed by atoms with Gasteiger partial charge in [0.1, 0.15) is 6.54 Å². The Labute approximate surface area is 124 Å². The highest BCUT2D eigenvalue weighted by Crippen LogP contribution is 2.24. The second-order valence-electron chi connectivity index (χ2n) is 4.91. The van der Waals surface area contributed by atoms with Crippen LogP contribution < -0.4 is 0 Å². The van der Waals surface area contributed by atoms with Crippen LogP contribution in [0.2, 0.25) is 0 Å². The van der Waals surface area contributed by atoms with Crippen LogP contribution in [-0.4, -0.2) is 43.4 Å². The van der Waals surface area contributed by atoms with Crippen LogP contribution in [0, 0.1) is 0 Å². The minimum Gasteiger partial charge on any atom is -0.481 e. The van der Waals surface area contributed by atoms with E-state index in [4.69, 9.17) is 5.11 Å². The summed E-state index contributed by atoms with van der Waals surface area (Å²) in [6.07, 6.45) is 2.21. The average Bonchev–Trinajstić information content (AvgIpc) is 3.06. The molecule has 0 aliphatic carbocycles. The Balaban J connectivity index is 1.62. The Hall–Kier alpha value is -2.22. The molecule has 0 radical (unpaired) electrons. The minimum absolute atomic E-state index is 0.0291. The SMILES string of the molecule is O=C(O)Cc1cn(CC(=O)N2CCc3sccc3C2)nn1. The van der Waals surface area contributed by atoms with Crippen LogP contribution in [0.1, 0.15) is 16.1 Å². The molecule has 8 heteroatoms. The topological polar surface area (TPSA) is 88.3 Å². The molecule has 1 aliphatic heterocycles. The first-order valence-electron chi connectivity index (χ1n) is 6.55. The first-order chi connectivity index (χ1) is 10.1. The predicted molar refractivity (Wildman–Crippen MR) is 74.8 cm³/mol. The summed E-state index contributed by atoms with van der Waals surface area (Å²) in [5.41, 5.74) is 1.57. The maximum absolute atomic E-state index is 12.3. The molecule has 1 aliphatic rings. The highest BCUT2D eigenvalue weighted by atomic mass is 32.1. The monoisotopic (exact) mass is 306 g/mol. The molecule has 0 unspecified atom stereocenters. The molecule has 110 valence electrons. The van der Waals surface area contributed by atoms with Crippen LogP contribution >= 0.6 is 11.3 Å². The molecule has 1 N–H and O–H groups in total. The normalized spacial score (nSPS) is 14.0. The number of hydrogen-bond acceptors (Lipinski definition) is 5. The van der Waals surface area contributed by atoms with Crippen LogP contribution in [0.25, 0.3) is 0 Å². The van der Waals surface area contributed by atoms with Gasteiger partial charge in [-0.15, -0.1) is 16.4 Å². The van der Waals surface area contributed by atoms with Crippen molar-refractivity contribution in [1.82, 2.24) is 19.9 Å². The highest BCUT2D eigenvalue weighted by molar-refractivity contribution is 7.10. The maximum Gasteiger partial charge on any atom is 0.309 e. The second-order valence-corrected chi connectivity index (χ2v) is 5.91.